The monoisotopic (exact) mass is 301 g/mol. The Morgan fingerprint density at radius 2 is 2.31 bits per heavy atom. The fourth-order valence-electron chi connectivity index (χ4n) is 1.40. The van der Waals surface area contributed by atoms with Crippen LogP contribution in [0, 0.1) is 5.82 Å². The van der Waals surface area contributed by atoms with Crippen molar-refractivity contribution in [2.75, 3.05) is 0 Å². The van der Waals surface area contributed by atoms with Crippen molar-refractivity contribution in [3.8, 4) is 0 Å². The molecule has 0 bridgehead atoms. The van der Waals surface area contributed by atoms with Crippen LogP contribution in [-0.2, 0) is 6.42 Å². The van der Waals surface area contributed by atoms with Crippen molar-refractivity contribution in [1.82, 2.24) is 4.98 Å². The van der Waals surface area contributed by atoms with Gasteiger partial charge in [0.05, 0.1) is 4.47 Å². The Labute approximate surface area is 105 Å². The van der Waals surface area contributed by atoms with Crippen LogP contribution in [0.5, 0.6) is 0 Å². The van der Waals surface area contributed by atoms with E-state index in [-0.39, 0.29) is 5.82 Å². The van der Waals surface area contributed by atoms with Crippen molar-refractivity contribution in [2.45, 2.75) is 12.5 Å². The molecule has 1 heterocycles. The van der Waals surface area contributed by atoms with E-state index in [1.807, 2.05) is 0 Å². The van der Waals surface area contributed by atoms with Crippen LogP contribution in [0.15, 0.2) is 34.2 Å². The summed E-state index contributed by atoms with van der Waals surface area (Å²) < 4.78 is 13.6. The third kappa shape index (κ3) is 2.48. The Hall–Kier alpha value is -0.780. The zero-order valence-corrected chi connectivity index (χ0v) is 10.6. The van der Waals surface area contributed by atoms with E-state index in [0.29, 0.717) is 15.9 Å². The minimum atomic E-state index is -0.682. The number of rotatable bonds is 3. The number of hydrogen-bond acceptors (Lipinski definition) is 3. The average molecular weight is 302 g/mol. The van der Waals surface area contributed by atoms with Gasteiger partial charge in [-0.3, -0.25) is 0 Å². The van der Waals surface area contributed by atoms with Gasteiger partial charge in [-0.05, 0) is 27.6 Å². The van der Waals surface area contributed by atoms with Crippen molar-refractivity contribution in [2.24, 2.45) is 0 Å². The lowest BCUT2D eigenvalue weighted by Crippen LogP contribution is -2.02. The predicted octanol–water partition coefficient (Wildman–Crippen LogP) is 3.32. The summed E-state index contributed by atoms with van der Waals surface area (Å²) in [6, 6.07) is 4.79. The van der Waals surface area contributed by atoms with Crippen LogP contribution in [0.4, 0.5) is 4.39 Å². The van der Waals surface area contributed by atoms with Gasteiger partial charge in [0.2, 0.25) is 0 Å². The van der Waals surface area contributed by atoms with E-state index >= 15 is 0 Å². The van der Waals surface area contributed by atoms with Gasteiger partial charge in [0.25, 0.3) is 0 Å². The van der Waals surface area contributed by atoms with Crippen LogP contribution in [0.1, 0.15) is 16.7 Å². The highest BCUT2D eigenvalue weighted by Gasteiger charge is 2.14. The van der Waals surface area contributed by atoms with E-state index in [1.54, 1.807) is 23.7 Å². The van der Waals surface area contributed by atoms with Gasteiger partial charge in [0.1, 0.15) is 16.9 Å². The third-order valence-electron chi connectivity index (χ3n) is 2.18. The summed E-state index contributed by atoms with van der Waals surface area (Å²) in [5.41, 5.74) is 0.739. The van der Waals surface area contributed by atoms with Gasteiger partial charge in [0, 0.05) is 18.0 Å². The highest BCUT2D eigenvalue weighted by atomic mass is 79.9. The predicted molar refractivity (Wildman–Crippen MR) is 64.9 cm³/mol. The summed E-state index contributed by atoms with van der Waals surface area (Å²) in [4.78, 5) is 4.02. The quantitative estimate of drug-likeness (QED) is 0.943. The summed E-state index contributed by atoms with van der Waals surface area (Å²) in [5, 5.41) is 12.3. The van der Waals surface area contributed by atoms with Crippen LogP contribution in [-0.4, -0.2) is 10.1 Å². The smallest absolute Gasteiger partial charge is 0.137 e. The maximum Gasteiger partial charge on any atom is 0.137 e. The second-order valence-electron chi connectivity index (χ2n) is 3.30. The Morgan fingerprint density at radius 3 is 3.00 bits per heavy atom. The van der Waals surface area contributed by atoms with E-state index in [4.69, 9.17) is 0 Å². The van der Waals surface area contributed by atoms with Gasteiger partial charge in [-0.15, -0.1) is 11.3 Å². The molecular formula is C11H9BrFNOS. The first-order valence-corrected chi connectivity index (χ1v) is 6.36. The number of aliphatic hydroxyl groups excluding tert-OH is 1. The van der Waals surface area contributed by atoms with Crippen molar-refractivity contribution in [3.63, 3.8) is 0 Å². The highest BCUT2D eigenvalue weighted by Crippen LogP contribution is 2.26. The molecule has 2 aromatic rings. The zero-order valence-electron chi connectivity index (χ0n) is 8.23. The standard InChI is InChI=1S/C11H9BrFNOS/c12-10-7(2-1-3-8(10)13)6-9(15)11-14-4-5-16-11/h1-5,9,15H,6H2. The van der Waals surface area contributed by atoms with Crippen LogP contribution < -0.4 is 0 Å². The lowest BCUT2D eigenvalue weighted by atomic mass is 10.1. The van der Waals surface area contributed by atoms with Gasteiger partial charge >= 0.3 is 0 Å². The zero-order chi connectivity index (χ0) is 11.5. The third-order valence-corrected chi connectivity index (χ3v) is 3.95. The van der Waals surface area contributed by atoms with Crippen molar-refractivity contribution >= 4 is 27.3 Å². The van der Waals surface area contributed by atoms with E-state index in [2.05, 4.69) is 20.9 Å². The molecule has 1 aromatic carbocycles. The van der Waals surface area contributed by atoms with Crippen LogP contribution in [0.3, 0.4) is 0 Å². The normalized spacial score (nSPS) is 12.7. The van der Waals surface area contributed by atoms with Crippen molar-refractivity contribution in [3.05, 3.63) is 50.6 Å². The highest BCUT2D eigenvalue weighted by molar-refractivity contribution is 9.10. The Bertz CT molecular complexity index is 475. The SMILES string of the molecule is OC(Cc1cccc(F)c1Br)c1nccs1. The van der Waals surface area contributed by atoms with Crippen LogP contribution >= 0.6 is 27.3 Å². The van der Waals surface area contributed by atoms with E-state index in [1.165, 1.54) is 17.4 Å². The average Bonchev–Trinajstić information content (AvgIpc) is 2.78. The molecule has 5 heteroatoms. The minimum Gasteiger partial charge on any atom is -0.386 e. The molecule has 0 aliphatic heterocycles. The molecule has 16 heavy (non-hydrogen) atoms. The lowest BCUT2D eigenvalue weighted by Gasteiger charge is -2.09. The molecule has 84 valence electrons. The number of aliphatic hydroxyl groups is 1. The fourth-order valence-corrected chi connectivity index (χ4v) is 2.45. The topological polar surface area (TPSA) is 33.1 Å². The van der Waals surface area contributed by atoms with Gasteiger partial charge in [-0.1, -0.05) is 12.1 Å². The van der Waals surface area contributed by atoms with Crippen LogP contribution in [0.25, 0.3) is 0 Å². The molecule has 0 spiro atoms. The van der Waals surface area contributed by atoms with Gasteiger partial charge in [0.15, 0.2) is 0 Å². The molecule has 1 atom stereocenters. The molecule has 0 saturated heterocycles. The van der Waals surface area contributed by atoms with Crippen molar-refractivity contribution in [1.29, 1.82) is 0 Å². The molecule has 0 radical (unpaired) electrons. The van der Waals surface area contributed by atoms with Gasteiger partial charge < -0.3 is 5.11 Å². The molecule has 1 N–H and O–H groups in total. The molecular weight excluding hydrogens is 293 g/mol. The Morgan fingerprint density at radius 1 is 1.50 bits per heavy atom. The second kappa shape index (κ2) is 5.03. The summed E-state index contributed by atoms with van der Waals surface area (Å²) >= 11 is 4.56. The fraction of sp³-hybridized carbons (Fsp3) is 0.182. The number of halogens is 2. The second-order valence-corrected chi connectivity index (χ2v) is 5.02. The van der Waals surface area contributed by atoms with E-state index < -0.39 is 6.10 Å². The molecule has 1 unspecified atom stereocenters. The molecule has 0 fully saturated rings. The number of hydrogen-bond donors (Lipinski definition) is 1. The van der Waals surface area contributed by atoms with Gasteiger partial charge in [-0.25, -0.2) is 9.37 Å². The number of aromatic nitrogens is 1. The number of benzene rings is 1. The van der Waals surface area contributed by atoms with Gasteiger partial charge in [-0.2, -0.15) is 0 Å². The summed E-state index contributed by atoms with van der Waals surface area (Å²) in [6.07, 6.45) is 1.31. The first kappa shape index (κ1) is 11.7. The molecule has 2 nitrogen and oxygen atoms in total. The molecule has 0 aliphatic carbocycles. The molecule has 2 rings (SSSR count). The van der Waals surface area contributed by atoms with Crippen molar-refractivity contribution < 1.29 is 9.50 Å². The lowest BCUT2D eigenvalue weighted by molar-refractivity contribution is 0.177. The Balaban J connectivity index is 2.18. The van der Waals surface area contributed by atoms with Crippen LogP contribution in [0.2, 0.25) is 0 Å². The minimum absolute atomic E-state index is 0.316. The first-order chi connectivity index (χ1) is 7.68. The summed E-state index contributed by atoms with van der Waals surface area (Å²) in [5.74, 6) is -0.316. The summed E-state index contributed by atoms with van der Waals surface area (Å²) in [7, 11) is 0. The Kier molecular flexibility index (Phi) is 3.68. The van der Waals surface area contributed by atoms with E-state index in [9.17, 15) is 9.50 Å². The maximum atomic E-state index is 13.2. The summed E-state index contributed by atoms with van der Waals surface area (Å²) in [6.45, 7) is 0. The molecule has 0 saturated carbocycles. The first-order valence-electron chi connectivity index (χ1n) is 4.69. The van der Waals surface area contributed by atoms with E-state index in [0.717, 1.165) is 5.56 Å². The largest absolute Gasteiger partial charge is 0.386 e. The molecule has 0 amide bonds. The number of nitrogens with zero attached hydrogens (tertiary/aromatic N) is 1. The maximum absolute atomic E-state index is 13.2. The number of thiazole rings is 1. The molecule has 1 aromatic heterocycles. The molecule has 0 aliphatic rings.